The molecule has 26 heavy (non-hydrogen) atoms. The van der Waals surface area contributed by atoms with E-state index in [4.69, 9.17) is 0 Å². The van der Waals surface area contributed by atoms with Crippen LogP contribution >= 0.6 is 0 Å². The number of rotatable bonds is 4. The third kappa shape index (κ3) is 3.68. The number of alkyl halides is 2. The highest BCUT2D eigenvalue weighted by atomic mass is 19.3. The summed E-state index contributed by atoms with van der Waals surface area (Å²) in [7, 11) is 1.45. The summed E-state index contributed by atoms with van der Waals surface area (Å²) < 4.78 is 29.2. The molecule has 3 rings (SSSR count). The van der Waals surface area contributed by atoms with Crippen LogP contribution in [0.3, 0.4) is 0 Å². The van der Waals surface area contributed by atoms with Crippen LogP contribution in [0, 0.1) is 6.92 Å². The van der Waals surface area contributed by atoms with Crippen molar-refractivity contribution < 1.29 is 18.4 Å². The third-order valence-corrected chi connectivity index (χ3v) is 4.14. The molecular weight excluding hydrogens is 346 g/mol. The second-order valence-corrected chi connectivity index (χ2v) is 6.22. The van der Waals surface area contributed by atoms with Crippen LogP contribution in [0.2, 0.25) is 0 Å². The fourth-order valence-electron chi connectivity index (χ4n) is 2.94. The molecule has 10 heteroatoms. The molecule has 1 N–H and O–H groups in total. The molecule has 2 aromatic heterocycles. The molecule has 1 atom stereocenters. The summed E-state index contributed by atoms with van der Waals surface area (Å²) in [5.41, 5.74) is 0.831. The maximum absolute atomic E-state index is 14.0. The van der Waals surface area contributed by atoms with Crippen LogP contribution in [0.4, 0.5) is 8.78 Å². The number of carbonyl (C=O) groups is 2. The molecule has 1 aliphatic heterocycles. The van der Waals surface area contributed by atoms with Gasteiger partial charge in [0.05, 0.1) is 25.3 Å². The van der Waals surface area contributed by atoms with E-state index < -0.39 is 36.7 Å². The number of aryl methyl sites for hydroxylation is 1. The topological polar surface area (TPSA) is 93.0 Å². The van der Waals surface area contributed by atoms with Crippen molar-refractivity contribution in [2.75, 3.05) is 13.6 Å². The fraction of sp³-hybridized carbons (Fsp3) is 0.438. The van der Waals surface area contributed by atoms with E-state index in [0.29, 0.717) is 5.69 Å². The Morgan fingerprint density at radius 2 is 2.12 bits per heavy atom. The van der Waals surface area contributed by atoms with E-state index in [2.05, 4.69) is 20.6 Å². The van der Waals surface area contributed by atoms with Crippen molar-refractivity contribution in [3.63, 3.8) is 0 Å². The standard InChI is InChI=1S/C16H18F2N6O2/c1-10-4-3-5-12(20-10)15(26)24-9-16(17,18)6-11(24)7-23-8-13(21-22-23)14(25)19-2/h3-5,8,11H,6-7,9H2,1-2H3,(H,19,25)/t11-/m0/s1. The van der Waals surface area contributed by atoms with Gasteiger partial charge in [0.2, 0.25) is 0 Å². The molecule has 2 aromatic rings. The van der Waals surface area contributed by atoms with Crippen LogP contribution in [0.5, 0.6) is 0 Å². The van der Waals surface area contributed by atoms with Crippen molar-refractivity contribution in [1.82, 2.24) is 30.2 Å². The number of amides is 2. The van der Waals surface area contributed by atoms with E-state index in [1.54, 1.807) is 19.1 Å². The Balaban J connectivity index is 1.81. The number of hydrogen-bond acceptors (Lipinski definition) is 5. The Labute approximate surface area is 148 Å². The van der Waals surface area contributed by atoms with Crippen LogP contribution in [0.25, 0.3) is 0 Å². The van der Waals surface area contributed by atoms with Gasteiger partial charge in [-0.15, -0.1) is 5.10 Å². The molecule has 0 saturated carbocycles. The summed E-state index contributed by atoms with van der Waals surface area (Å²) in [6.45, 7) is 1.06. The summed E-state index contributed by atoms with van der Waals surface area (Å²) in [5, 5.41) is 9.89. The number of nitrogens with one attached hydrogen (secondary N) is 1. The monoisotopic (exact) mass is 364 g/mol. The van der Waals surface area contributed by atoms with Gasteiger partial charge in [-0.05, 0) is 19.1 Å². The Morgan fingerprint density at radius 3 is 2.81 bits per heavy atom. The SMILES string of the molecule is CNC(=O)c1cn(C[C@@H]2CC(F)(F)CN2C(=O)c2cccc(C)n2)nn1. The first-order valence-electron chi connectivity index (χ1n) is 8.04. The summed E-state index contributed by atoms with van der Waals surface area (Å²) in [4.78, 5) is 29.4. The minimum Gasteiger partial charge on any atom is -0.354 e. The lowest BCUT2D eigenvalue weighted by molar-refractivity contribution is 0.0116. The molecule has 8 nitrogen and oxygen atoms in total. The first kappa shape index (κ1) is 17.9. The smallest absolute Gasteiger partial charge is 0.273 e. The Hall–Kier alpha value is -2.91. The van der Waals surface area contributed by atoms with Crippen molar-refractivity contribution >= 4 is 11.8 Å². The first-order valence-corrected chi connectivity index (χ1v) is 8.04. The van der Waals surface area contributed by atoms with Gasteiger partial charge in [-0.2, -0.15) is 0 Å². The molecule has 0 unspecified atom stereocenters. The Bertz CT molecular complexity index is 838. The van der Waals surface area contributed by atoms with Crippen LogP contribution in [0.15, 0.2) is 24.4 Å². The summed E-state index contributed by atoms with van der Waals surface area (Å²) >= 11 is 0. The highest BCUT2D eigenvalue weighted by molar-refractivity contribution is 5.93. The van der Waals surface area contributed by atoms with Crippen molar-refractivity contribution in [1.29, 1.82) is 0 Å². The highest BCUT2D eigenvalue weighted by Crippen LogP contribution is 2.33. The quantitative estimate of drug-likeness (QED) is 0.870. The second-order valence-electron chi connectivity index (χ2n) is 6.22. The van der Waals surface area contributed by atoms with Gasteiger partial charge in [0, 0.05) is 19.2 Å². The van der Waals surface area contributed by atoms with Gasteiger partial charge in [0.15, 0.2) is 5.69 Å². The molecule has 1 fully saturated rings. The van der Waals surface area contributed by atoms with E-state index in [1.165, 1.54) is 24.0 Å². The van der Waals surface area contributed by atoms with Crippen LogP contribution < -0.4 is 5.32 Å². The highest BCUT2D eigenvalue weighted by Gasteiger charge is 2.47. The van der Waals surface area contributed by atoms with Crippen LogP contribution in [0.1, 0.15) is 33.1 Å². The van der Waals surface area contributed by atoms with Gasteiger partial charge >= 0.3 is 0 Å². The van der Waals surface area contributed by atoms with Gasteiger partial charge in [-0.3, -0.25) is 9.59 Å². The molecule has 1 saturated heterocycles. The van der Waals surface area contributed by atoms with E-state index in [-0.39, 0.29) is 17.9 Å². The number of carbonyl (C=O) groups excluding carboxylic acids is 2. The molecule has 0 bridgehead atoms. The summed E-state index contributed by atoms with van der Waals surface area (Å²) in [6.07, 6.45) is 0.878. The zero-order valence-corrected chi connectivity index (χ0v) is 14.3. The molecular formula is C16H18F2N6O2. The normalized spacial score (nSPS) is 18.8. The van der Waals surface area contributed by atoms with E-state index >= 15 is 0 Å². The molecule has 2 amide bonds. The number of halogens is 2. The average molecular weight is 364 g/mol. The van der Waals surface area contributed by atoms with Gasteiger partial charge < -0.3 is 10.2 Å². The Morgan fingerprint density at radius 1 is 1.35 bits per heavy atom. The van der Waals surface area contributed by atoms with Gasteiger partial charge in [-0.25, -0.2) is 18.4 Å². The molecule has 138 valence electrons. The fourth-order valence-corrected chi connectivity index (χ4v) is 2.94. The number of pyridine rings is 1. The van der Waals surface area contributed by atoms with E-state index in [9.17, 15) is 18.4 Å². The number of hydrogen-bond donors (Lipinski definition) is 1. The second kappa shape index (κ2) is 6.77. The summed E-state index contributed by atoms with van der Waals surface area (Å²) in [5.74, 6) is -3.97. The Kier molecular flexibility index (Phi) is 4.66. The van der Waals surface area contributed by atoms with Crippen LogP contribution in [-0.4, -0.2) is 62.2 Å². The average Bonchev–Trinajstić information content (AvgIpc) is 3.17. The minimum absolute atomic E-state index is 0.0111. The maximum Gasteiger partial charge on any atom is 0.273 e. The van der Waals surface area contributed by atoms with Gasteiger partial charge in [0.25, 0.3) is 17.7 Å². The molecule has 0 spiro atoms. The predicted octanol–water partition coefficient (Wildman–Crippen LogP) is 0.891. The molecule has 0 aliphatic carbocycles. The number of likely N-dealkylation sites (tertiary alicyclic amines) is 1. The minimum atomic E-state index is -2.99. The lowest BCUT2D eigenvalue weighted by Gasteiger charge is -2.23. The maximum atomic E-state index is 14.0. The van der Waals surface area contributed by atoms with Crippen molar-refractivity contribution in [2.24, 2.45) is 0 Å². The van der Waals surface area contributed by atoms with Crippen molar-refractivity contribution in [2.45, 2.75) is 31.9 Å². The largest absolute Gasteiger partial charge is 0.354 e. The first-order chi connectivity index (χ1) is 12.3. The molecule has 3 heterocycles. The van der Waals surface area contributed by atoms with Gasteiger partial charge in [0.1, 0.15) is 5.69 Å². The number of aromatic nitrogens is 4. The van der Waals surface area contributed by atoms with E-state index in [1.807, 2.05) is 0 Å². The zero-order valence-electron chi connectivity index (χ0n) is 14.3. The zero-order chi connectivity index (χ0) is 18.9. The van der Waals surface area contributed by atoms with Crippen molar-refractivity contribution in [3.8, 4) is 0 Å². The third-order valence-electron chi connectivity index (χ3n) is 4.14. The molecule has 0 radical (unpaired) electrons. The summed E-state index contributed by atoms with van der Waals surface area (Å²) in [6, 6.07) is 4.11. The predicted molar refractivity (Wildman–Crippen MR) is 86.8 cm³/mol. The molecule has 1 aliphatic rings. The lowest BCUT2D eigenvalue weighted by atomic mass is 10.2. The van der Waals surface area contributed by atoms with Crippen molar-refractivity contribution in [3.05, 3.63) is 41.5 Å². The number of nitrogens with zero attached hydrogens (tertiary/aromatic N) is 5. The van der Waals surface area contributed by atoms with E-state index in [0.717, 1.165) is 4.90 Å². The molecule has 0 aromatic carbocycles. The van der Waals surface area contributed by atoms with Crippen LogP contribution in [-0.2, 0) is 6.54 Å². The lowest BCUT2D eigenvalue weighted by Crippen LogP contribution is -2.39. The van der Waals surface area contributed by atoms with Gasteiger partial charge in [-0.1, -0.05) is 11.3 Å².